The summed E-state index contributed by atoms with van der Waals surface area (Å²) >= 11 is 0. The number of halogens is 2. The fraction of sp³-hybridized carbons (Fsp3) is 0.375. The van der Waals surface area contributed by atoms with Gasteiger partial charge in [0.2, 0.25) is 11.8 Å². The number of nitrogens with zero attached hydrogens (tertiary/aromatic N) is 2. The van der Waals surface area contributed by atoms with Gasteiger partial charge in [-0.15, -0.1) is 0 Å². The average Bonchev–Trinajstić information content (AvgIpc) is 2.78. The molecule has 3 amide bonds. The average molecular weight is 443 g/mol. The predicted octanol–water partition coefficient (Wildman–Crippen LogP) is 2.63. The van der Waals surface area contributed by atoms with Crippen molar-refractivity contribution in [2.24, 2.45) is 5.92 Å². The molecule has 1 fully saturated rings. The van der Waals surface area contributed by atoms with E-state index in [0.29, 0.717) is 26.2 Å². The molecule has 0 spiro atoms. The Morgan fingerprint density at radius 3 is 1.88 bits per heavy atom. The van der Waals surface area contributed by atoms with Crippen LogP contribution in [0.2, 0.25) is 0 Å². The Bertz CT molecular complexity index is 953. The Morgan fingerprint density at radius 2 is 1.34 bits per heavy atom. The molecule has 1 aliphatic heterocycles. The van der Waals surface area contributed by atoms with Gasteiger partial charge in [-0.25, -0.2) is 8.78 Å². The molecule has 0 bridgehead atoms. The maximum atomic E-state index is 13.1. The normalized spacial score (nSPS) is 14.9. The van der Waals surface area contributed by atoms with E-state index in [2.05, 4.69) is 5.32 Å². The second-order valence-corrected chi connectivity index (χ2v) is 8.21. The lowest BCUT2D eigenvalue weighted by molar-refractivity contribution is -0.141. The first kappa shape index (κ1) is 23.4. The van der Waals surface area contributed by atoms with Crippen molar-refractivity contribution in [2.45, 2.75) is 26.3 Å². The van der Waals surface area contributed by atoms with Crippen LogP contribution in [-0.2, 0) is 16.0 Å². The largest absolute Gasteiger partial charge is 0.340 e. The fourth-order valence-electron chi connectivity index (χ4n) is 3.60. The van der Waals surface area contributed by atoms with Crippen LogP contribution in [0.15, 0.2) is 48.5 Å². The topological polar surface area (TPSA) is 69.7 Å². The first-order chi connectivity index (χ1) is 15.2. The van der Waals surface area contributed by atoms with Gasteiger partial charge in [0.1, 0.15) is 17.7 Å². The van der Waals surface area contributed by atoms with Gasteiger partial charge in [0.15, 0.2) is 0 Å². The van der Waals surface area contributed by atoms with Crippen LogP contribution in [0.25, 0.3) is 0 Å². The van der Waals surface area contributed by atoms with Crippen molar-refractivity contribution in [1.29, 1.82) is 0 Å². The highest BCUT2D eigenvalue weighted by Crippen LogP contribution is 2.13. The quantitative estimate of drug-likeness (QED) is 0.746. The lowest BCUT2D eigenvalue weighted by atomic mass is 10.0. The molecule has 1 unspecified atom stereocenters. The van der Waals surface area contributed by atoms with Gasteiger partial charge in [-0.05, 0) is 47.9 Å². The Hall–Kier alpha value is -3.29. The monoisotopic (exact) mass is 443 g/mol. The van der Waals surface area contributed by atoms with Crippen molar-refractivity contribution in [1.82, 2.24) is 15.1 Å². The van der Waals surface area contributed by atoms with Gasteiger partial charge in [-0.1, -0.05) is 26.0 Å². The van der Waals surface area contributed by atoms with E-state index in [9.17, 15) is 23.2 Å². The zero-order valence-corrected chi connectivity index (χ0v) is 18.2. The highest BCUT2D eigenvalue weighted by Gasteiger charge is 2.31. The second kappa shape index (κ2) is 10.3. The molecule has 0 radical (unpaired) electrons. The van der Waals surface area contributed by atoms with E-state index < -0.39 is 17.8 Å². The van der Waals surface area contributed by atoms with E-state index in [1.54, 1.807) is 21.9 Å². The van der Waals surface area contributed by atoms with Crippen molar-refractivity contribution in [3.05, 3.63) is 71.3 Å². The Kier molecular flexibility index (Phi) is 7.56. The van der Waals surface area contributed by atoms with Gasteiger partial charge in [-0.3, -0.25) is 14.4 Å². The molecule has 1 heterocycles. The first-order valence-corrected chi connectivity index (χ1v) is 10.6. The molecule has 1 N–H and O–H groups in total. The van der Waals surface area contributed by atoms with E-state index in [-0.39, 0.29) is 35.5 Å². The van der Waals surface area contributed by atoms with E-state index >= 15 is 0 Å². The number of nitrogens with one attached hydrogen (secondary N) is 1. The minimum atomic E-state index is -0.728. The van der Waals surface area contributed by atoms with Crippen LogP contribution in [-0.4, -0.2) is 59.7 Å². The first-order valence-electron chi connectivity index (χ1n) is 10.6. The summed E-state index contributed by atoms with van der Waals surface area (Å²) in [4.78, 5) is 41.5. The van der Waals surface area contributed by atoms with Crippen molar-refractivity contribution in [3.8, 4) is 0 Å². The zero-order valence-electron chi connectivity index (χ0n) is 18.2. The second-order valence-electron chi connectivity index (χ2n) is 8.21. The summed E-state index contributed by atoms with van der Waals surface area (Å²) in [7, 11) is 0. The highest BCUT2D eigenvalue weighted by molar-refractivity contribution is 5.97. The van der Waals surface area contributed by atoms with Crippen LogP contribution >= 0.6 is 0 Å². The molecule has 0 saturated carbocycles. The summed E-state index contributed by atoms with van der Waals surface area (Å²) in [6.45, 7) is 5.20. The standard InChI is InChI=1S/C24H27F2N3O3/c1-16(2)22(27-23(31)18-5-9-20(26)10-6-18)24(32)29-13-11-28(12-14-29)21(30)15-17-3-7-19(25)8-4-17/h3-10,16,22H,11-15H2,1-2H3,(H,27,31). The van der Waals surface area contributed by atoms with E-state index in [1.165, 1.54) is 36.4 Å². The Labute approximate surface area is 186 Å². The van der Waals surface area contributed by atoms with Crippen molar-refractivity contribution in [2.75, 3.05) is 26.2 Å². The molecular formula is C24H27F2N3O3. The number of carbonyl (C=O) groups excluding carboxylic acids is 3. The number of hydrogen-bond acceptors (Lipinski definition) is 3. The third-order valence-corrected chi connectivity index (χ3v) is 5.54. The molecule has 6 nitrogen and oxygen atoms in total. The van der Waals surface area contributed by atoms with Crippen LogP contribution in [0.4, 0.5) is 8.78 Å². The number of hydrogen-bond donors (Lipinski definition) is 1. The fourth-order valence-corrected chi connectivity index (χ4v) is 3.60. The summed E-state index contributed by atoms with van der Waals surface area (Å²) in [5, 5.41) is 2.76. The number of amides is 3. The van der Waals surface area contributed by atoms with Gasteiger partial charge in [-0.2, -0.15) is 0 Å². The minimum absolute atomic E-state index is 0.0753. The van der Waals surface area contributed by atoms with E-state index in [1.807, 2.05) is 13.8 Å². The molecule has 32 heavy (non-hydrogen) atoms. The summed E-state index contributed by atoms with van der Waals surface area (Å²) < 4.78 is 26.1. The molecule has 1 atom stereocenters. The molecular weight excluding hydrogens is 416 g/mol. The van der Waals surface area contributed by atoms with Crippen LogP contribution in [0.3, 0.4) is 0 Å². The smallest absolute Gasteiger partial charge is 0.251 e. The molecule has 0 aromatic heterocycles. The minimum Gasteiger partial charge on any atom is -0.340 e. The summed E-state index contributed by atoms with van der Waals surface area (Å²) in [6.07, 6.45) is 0.177. The van der Waals surface area contributed by atoms with Crippen LogP contribution in [0.1, 0.15) is 29.8 Å². The summed E-state index contributed by atoms with van der Waals surface area (Å²) in [5.74, 6) is -1.66. The van der Waals surface area contributed by atoms with E-state index in [0.717, 1.165) is 5.56 Å². The zero-order chi connectivity index (χ0) is 23.3. The Morgan fingerprint density at radius 1 is 0.844 bits per heavy atom. The number of piperazine rings is 1. The number of carbonyl (C=O) groups is 3. The molecule has 1 saturated heterocycles. The molecule has 3 rings (SSSR count). The molecule has 1 aliphatic rings. The van der Waals surface area contributed by atoms with Crippen LogP contribution < -0.4 is 5.32 Å². The maximum absolute atomic E-state index is 13.1. The Balaban J connectivity index is 1.56. The van der Waals surface area contributed by atoms with Crippen molar-refractivity contribution < 1.29 is 23.2 Å². The lowest BCUT2D eigenvalue weighted by Crippen LogP contribution is -2.57. The molecule has 8 heteroatoms. The third-order valence-electron chi connectivity index (χ3n) is 5.54. The van der Waals surface area contributed by atoms with Gasteiger partial charge in [0, 0.05) is 31.7 Å². The van der Waals surface area contributed by atoms with Crippen LogP contribution in [0, 0.1) is 17.6 Å². The molecule has 2 aromatic rings. The third kappa shape index (κ3) is 5.90. The summed E-state index contributed by atoms with van der Waals surface area (Å²) in [5.41, 5.74) is 1.01. The highest BCUT2D eigenvalue weighted by atomic mass is 19.1. The molecule has 170 valence electrons. The lowest BCUT2D eigenvalue weighted by Gasteiger charge is -2.37. The molecule has 0 aliphatic carbocycles. The summed E-state index contributed by atoms with van der Waals surface area (Å²) in [6, 6.07) is 10.2. The molecule has 2 aromatic carbocycles. The van der Waals surface area contributed by atoms with Gasteiger partial charge < -0.3 is 15.1 Å². The van der Waals surface area contributed by atoms with Crippen molar-refractivity contribution >= 4 is 17.7 Å². The maximum Gasteiger partial charge on any atom is 0.251 e. The van der Waals surface area contributed by atoms with Gasteiger partial charge in [0.05, 0.1) is 6.42 Å². The van der Waals surface area contributed by atoms with Gasteiger partial charge >= 0.3 is 0 Å². The number of rotatable bonds is 6. The van der Waals surface area contributed by atoms with Crippen molar-refractivity contribution in [3.63, 3.8) is 0 Å². The van der Waals surface area contributed by atoms with Gasteiger partial charge in [0.25, 0.3) is 5.91 Å². The predicted molar refractivity (Wildman–Crippen MR) is 116 cm³/mol. The van der Waals surface area contributed by atoms with E-state index in [4.69, 9.17) is 0 Å². The number of benzene rings is 2. The van der Waals surface area contributed by atoms with Crippen LogP contribution in [0.5, 0.6) is 0 Å². The SMILES string of the molecule is CC(C)C(NC(=O)c1ccc(F)cc1)C(=O)N1CCN(C(=O)Cc2ccc(F)cc2)CC1.